The van der Waals surface area contributed by atoms with Crippen LogP contribution in [0.5, 0.6) is 5.75 Å². The van der Waals surface area contributed by atoms with Gasteiger partial charge in [-0.1, -0.05) is 23.7 Å². The average molecular weight is 377 g/mol. The van der Waals surface area contributed by atoms with Gasteiger partial charge in [0.1, 0.15) is 11.6 Å². The van der Waals surface area contributed by atoms with E-state index >= 15 is 0 Å². The molecule has 0 bridgehead atoms. The summed E-state index contributed by atoms with van der Waals surface area (Å²) in [5, 5.41) is 3.14. The summed E-state index contributed by atoms with van der Waals surface area (Å²) in [6, 6.07) is 11.9. The fourth-order valence-electron chi connectivity index (χ4n) is 3.32. The Balaban J connectivity index is 1.76. The Hall–Kier alpha value is -2.11. The van der Waals surface area contributed by atoms with Crippen molar-refractivity contribution >= 4 is 17.5 Å². The van der Waals surface area contributed by atoms with Crippen molar-refractivity contribution in [2.75, 3.05) is 26.7 Å². The van der Waals surface area contributed by atoms with Crippen molar-refractivity contribution in [1.82, 2.24) is 10.2 Å². The van der Waals surface area contributed by atoms with Crippen molar-refractivity contribution in [1.29, 1.82) is 0 Å². The quantitative estimate of drug-likeness (QED) is 0.826. The summed E-state index contributed by atoms with van der Waals surface area (Å²) in [6.45, 7) is 2.36. The van der Waals surface area contributed by atoms with Crippen molar-refractivity contribution in [3.8, 4) is 5.75 Å². The van der Waals surface area contributed by atoms with Crippen molar-refractivity contribution in [2.45, 2.75) is 18.9 Å². The van der Waals surface area contributed by atoms with Crippen LogP contribution in [0.4, 0.5) is 4.39 Å². The first kappa shape index (κ1) is 18.7. The monoisotopic (exact) mass is 376 g/mol. The smallest absolute Gasteiger partial charge is 0.254 e. The first-order valence-electron chi connectivity index (χ1n) is 8.69. The number of likely N-dealkylation sites (tertiary alicyclic amines) is 1. The molecule has 1 amide bonds. The maximum absolute atomic E-state index is 14.0. The number of nitrogens with zero attached hydrogens (tertiary/aromatic N) is 1. The predicted octanol–water partition coefficient (Wildman–Crippen LogP) is 4.05. The van der Waals surface area contributed by atoms with Crippen LogP contribution in [-0.2, 0) is 0 Å². The first-order chi connectivity index (χ1) is 12.6. The molecule has 3 rings (SSSR count). The number of carbonyl (C=O) groups excluding carboxylic acids is 1. The molecule has 1 aliphatic rings. The molecule has 6 heteroatoms. The maximum atomic E-state index is 14.0. The Kier molecular flexibility index (Phi) is 6.12. The standard InChI is InChI=1S/C20H22ClFN2O2/c1-26-16-6-4-5-14(11-16)19(24-9-2-3-10-24)13-23-20(25)17-8-7-15(21)12-18(17)22/h4-8,11-12,19H,2-3,9-10,13H2,1H3,(H,23,25)/t19-/m0/s1. The number of benzene rings is 2. The van der Waals surface area contributed by atoms with Gasteiger partial charge < -0.3 is 10.1 Å². The van der Waals surface area contributed by atoms with Gasteiger partial charge in [0.25, 0.3) is 5.91 Å². The van der Waals surface area contributed by atoms with Crippen LogP contribution in [0.3, 0.4) is 0 Å². The Labute approximate surface area is 157 Å². The van der Waals surface area contributed by atoms with E-state index in [1.807, 2.05) is 24.3 Å². The number of nitrogens with one attached hydrogen (secondary N) is 1. The summed E-state index contributed by atoms with van der Waals surface area (Å²) in [7, 11) is 1.63. The van der Waals surface area contributed by atoms with Crippen LogP contribution in [0.25, 0.3) is 0 Å². The lowest BCUT2D eigenvalue weighted by Crippen LogP contribution is -2.37. The highest BCUT2D eigenvalue weighted by atomic mass is 35.5. The molecule has 0 aliphatic carbocycles. The molecule has 0 saturated carbocycles. The Morgan fingerprint density at radius 3 is 2.73 bits per heavy atom. The summed E-state index contributed by atoms with van der Waals surface area (Å²) >= 11 is 5.75. The second-order valence-electron chi connectivity index (χ2n) is 6.37. The summed E-state index contributed by atoms with van der Waals surface area (Å²) in [6.07, 6.45) is 2.28. The molecule has 1 N–H and O–H groups in total. The molecule has 26 heavy (non-hydrogen) atoms. The molecule has 138 valence electrons. The Morgan fingerprint density at radius 1 is 1.27 bits per heavy atom. The van der Waals surface area contributed by atoms with Gasteiger partial charge in [0.2, 0.25) is 0 Å². The molecule has 1 heterocycles. The number of rotatable bonds is 6. The molecule has 0 aromatic heterocycles. The fraction of sp³-hybridized carbons (Fsp3) is 0.350. The van der Waals surface area contributed by atoms with Gasteiger partial charge in [-0.3, -0.25) is 9.69 Å². The lowest BCUT2D eigenvalue weighted by atomic mass is 10.0. The molecule has 0 unspecified atom stereocenters. The van der Waals surface area contributed by atoms with Gasteiger partial charge in [0.05, 0.1) is 18.7 Å². The van der Waals surface area contributed by atoms with E-state index in [-0.39, 0.29) is 16.6 Å². The third-order valence-corrected chi connectivity index (χ3v) is 4.93. The van der Waals surface area contributed by atoms with E-state index in [1.165, 1.54) is 12.1 Å². The van der Waals surface area contributed by atoms with Gasteiger partial charge in [-0.05, 0) is 61.8 Å². The summed E-state index contributed by atoms with van der Waals surface area (Å²) in [5.74, 6) is -0.276. The minimum Gasteiger partial charge on any atom is -0.497 e. The topological polar surface area (TPSA) is 41.6 Å². The third kappa shape index (κ3) is 4.34. The highest BCUT2D eigenvalue weighted by Crippen LogP contribution is 2.27. The second kappa shape index (κ2) is 8.52. The second-order valence-corrected chi connectivity index (χ2v) is 6.81. The Bertz CT molecular complexity index is 778. The van der Waals surface area contributed by atoms with E-state index in [0.29, 0.717) is 6.54 Å². The van der Waals surface area contributed by atoms with Gasteiger partial charge >= 0.3 is 0 Å². The minimum absolute atomic E-state index is 0.000198. The molecule has 2 aromatic rings. The van der Waals surface area contributed by atoms with Crippen molar-refractivity contribution in [2.24, 2.45) is 0 Å². The predicted molar refractivity (Wildman–Crippen MR) is 100 cm³/mol. The number of ether oxygens (including phenoxy) is 1. The molecule has 0 radical (unpaired) electrons. The van der Waals surface area contributed by atoms with Gasteiger partial charge in [-0.25, -0.2) is 4.39 Å². The van der Waals surface area contributed by atoms with Crippen molar-refractivity contribution < 1.29 is 13.9 Å². The summed E-state index contributed by atoms with van der Waals surface area (Å²) in [4.78, 5) is 14.8. The number of methoxy groups -OCH3 is 1. The van der Waals surface area contributed by atoms with Crippen molar-refractivity contribution in [3.63, 3.8) is 0 Å². The number of carbonyl (C=O) groups is 1. The van der Waals surface area contributed by atoms with Gasteiger partial charge in [0.15, 0.2) is 0 Å². The lowest BCUT2D eigenvalue weighted by molar-refractivity contribution is 0.0934. The molecule has 1 aliphatic heterocycles. The van der Waals surface area contributed by atoms with Gasteiger partial charge in [-0.15, -0.1) is 0 Å². The molecular formula is C20H22ClFN2O2. The fourth-order valence-corrected chi connectivity index (χ4v) is 3.48. The van der Waals surface area contributed by atoms with Crippen LogP contribution in [0, 0.1) is 5.82 Å². The van der Waals surface area contributed by atoms with Crippen LogP contribution >= 0.6 is 11.6 Å². The van der Waals surface area contributed by atoms with Crippen molar-refractivity contribution in [3.05, 3.63) is 64.4 Å². The lowest BCUT2D eigenvalue weighted by Gasteiger charge is -2.28. The van der Waals surface area contributed by atoms with Crippen LogP contribution in [0.1, 0.15) is 34.8 Å². The average Bonchev–Trinajstić information content (AvgIpc) is 3.16. The molecule has 0 spiro atoms. The highest BCUT2D eigenvalue weighted by molar-refractivity contribution is 6.30. The van der Waals surface area contributed by atoms with E-state index in [4.69, 9.17) is 16.3 Å². The van der Waals surface area contributed by atoms with Gasteiger partial charge in [0, 0.05) is 11.6 Å². The maximum Gasteiger partial charge on any atom is 0.254 e. The SMILES string of the molecule is COc1cccc([C@H](CNC(=O)c2ccc(Cl)cc2F)N2CCCC2)c1. The molecule has 1 atom stereocenters. The zero-order valence-electron chi connectivity index (χ0n) is 14.7. The number of halogens is 2. The Morgan fingerprint density at radius 2 is 2.04 bits per heavy atom. The van der Waals surface area contributed by atoms with Crippen LogP contribution < -0.4 is 10.1 Å². The summed E-state index contributed by atoms with van der Waals surface area (Å²) < 4.78 is 19.3. The molecule has 2 aromatic carbocycles. The number of hydrogen-bond acceptors (Lipinski definition) is 3. The van der Waals surface area contributed by atoms with E-state index in [9.17, 15) is 9.18 Å². The largest absolute Gasteiger partial charge is 0.497 e. The molecule has 4 nitrogen and oxygen atoms in total. The van der Waals surface area contributed by atoms with E-state index in [1.54, 1.807) is 7.11 Å². The van der Waals surface area contributed by atoms with Crippen LogP contribution in [-0.4, -0.2) is 37.6 Å². The molecular weight excluding hydrogens is 355 g/mol. The van der Waals surface area contributed by atoms with E-state index in [2.05, 4.69) is 10.2 Å². The highest BCUT2D eigenvalue weighted by Gasteiger charge is 2.25. The van der Waals surface area contributed by atoms with Crippen LogP contribution in [0.2, 0.25) is 5.02 Å². The number of hydrogen-bond donors (Lipinski definition) is 1. The van der Waals surface area contributed by atoms with Crippen LogP contribution in [0.15, 0.2) is 42.5 Å². The molecule has 1 fully saturated rings. The number of amides is 1. The summed E-state index contributed by atoms with van der Waals surface area (Å²) in [5.41, 5.74) is 1.07. The zero-order chi connectivity index (χ0) is 18.5. The van der Waals surface area contributed by atoms with Gasteiger partial charge in [-0.2, -0.15) is 0 Å². The normalized spacial score (nSPS) is 15.7. The third-order valence-electron chi connectivity index (χ3n) is 4.69. The van der Waals surface area contributed by atoms with E-state index < -0.39 is 11.7 Å². The molecule has 1 saturated heterocycles. The first-order valence-corrected chi connectivity index (χ1v) is 9.07. The zero-order valence-corrected chi connectivity index (χ0v) is 15.4. The van der Waals surface area contributed by atoms with E-state index in [0.717, 1.165) is 43.3 Å². The minimum atomic E-state index is -0.617.